The molecule has 0 rings (SSSR count). The van der Waals surface area contributed by atoms with E-state index in [0.717, 1.165) is 0 Å². The third kappa shape index (κ3) is 5.80. The van der Waals surface area contributed by atoms with Crippen LogP contribution in [-0.4, -0.2) is 16.4 Å². The second-order valence-corrected chi connectivity index (χ2v) is 4.58. The van der Waals surface area contributed by atoms with Crippen molar-refractivity contribution in [2.45, 2.75) is 19.8 Å². The van der Waals surface area contributed by atoms with Gasteiger partial charge in [0.1, 0.15) is 0 Å². The molecule has 0 amide bonds. The van der Waals surface area contributed by atoms with E-state index in [4.69, 9.17) is 22.6 Å². The van der Waals surface area contributed by atoms with Gasteiger partial charge in [0.15, 0.2) is 0 Å². The SMILES string of the molecule is C#CCC(C)(CC#C)COP(=O)(O)O. The van der Waals surface area contributed by atoms with E-state index in [-0.39, 0.29) is 6.61 Å². The highest BCUT2D eigenvalue weighted by atomic mass is 31.2. The Morgan fingerprint density at radius 2 is 1.79 bits per heavy atom. The summed E-state index contributed by atoms with van der Waals surface area (Å²) in [6.07, 6.45) is 10.9. The highest BCUT2D eigenvalue weighted by molar-refractivity contribution is 7.46. The van der Waals surface area contributed by atoms with Gasteiger partial charge in [-0.25, -0.2) is 4.57 Å². The molecule has 0 spiro atoms. The summed E-state index contributed by atoms with van der Waals surface area (Å²) in [5.74, 6) is 4.80. The lowest BCUT2D eigenvalue weighted by Gasteiger charge is -2.24. The predicted octanol–water partition coefficient (Wildman–Crippen LogP) is 1.15. The minimum absolute atomic E-state index is 0.147. The average Bonchev–Trinajstić information content (AvgIpc) is 2.01. The summed E-state index contributed by atoms with van der Waals surface area (Å²) < 4.78 is 14.8. The topological polar surface area (TPSA) is 66.8 Å². The zero-order valence-corrected chi connectivity index (χ0v) is 8.83. The number of phosphoric acid groups is 1. The molecule has 0 saturated heterocycles. The second-order valence-electron chi connectivity index (χ2n) is 3.34. The first-order chi connectivity index (χ1) is 6.33. The van der Waals surface area contributed by atoms with Gasteiger partial charge < -0.3 is 9.79 Å². The van der Waals surface area contributed by atoms with Gasteiger partial charge in [-0.1, -0.05) is 6.92 Å². The monoisotopic (exact) mass is 216 g/mol. The molecule has 0 radical (unpaired) electrons. The Morgan fingerprint density at radius 3 is 2.07 bits per heavy atom. The van der Waals surface area contributed by atoms with Gasteiger partial charge in [-0.15, -0.1) is 24.7 Å². The Morgan fingerprint density at radius 1 is 1.36 bits per heavy atom. The maximum Gasteiger partial charge on any atom is 0.469 e. The molecule has 0 aromatic heterocycles. The zero-order valence-electron chi connectivity index (χ0n) is 7.93. The van der Waals surface area contributed by atoms with Crippen molar-refractivity contribution in [3.05, 3.63) is 0 Å². The Bertz CT molecular complexity index is 288. The molecule has 0 unspecified atom stereocenters. The van der Waals surface area contributed by atoms with Crippen molar-refractivity contribution in [3.63, 3.8) is 0 Å². The van der Waals surface area contributed by atoms with Crippen molar-refractivity contribution in [1.29, 1.82) is 0 Å². The van der Waals surface area contributed by atoms with Gasteiger partial charge in [0.25, 0.3) is 0 Å². The molecule has 0 aliphatic heterocycles. The van der Waals surface area contributed by atoms with Crippen LogP contribution in [0.4, 0.5) is 0 Å². The minimum atomic E-state index is -4.45. The minimum Gasteiger partial charge on any atom is -0.303 e. The first-order valence-corrected chi connectivity index (χ1v) is 5.43. The lowest BCUT2D eigenvalue weighted by atomic mass is 9.85. The Labute approximate surface area is 83.9 Å². The highest BCUT2D eigenvalue weighted by Gasteiger charge is 2.27. The van der Waals surface area contributed by atoms with Crippen LogP contribution in [0.3, 0.4) is 0 Å². The molecule has 0 aromatic rings. The Kier molecular flexibility index (Phi) is 4.91. The summed E-state index contributed by atoms with van der Waals surface area (Å²) >= 11 is 0. The third-order valence-electron chi connectivity index (χ3n) is 1.64. The summed E-state index contributed by atoms with van der Waals surface area (Å²) in [7, 11) is -4.45. The van der Waals surface area contributed by atoms with Crippen LogP contribution in [0.2, 0.25) is 0 Å². The van der Waals surface area contributed by atoms with Gasteiger partial charge in [-0.3, -0.25) is 4.52 Å². The average molecular weight is 216 g/mol. The van der Waals surface area contributed by atoms with Crippen molar-refractivity contribution in [1.82, 2.24) is 0 Å². The normalized spacial score (nSPS) is 11.8. The fourth-order valence-corrected chi connectivity index (χ4v) is 1.38. The van der Waals surface area contributed by atoms with E-state index in [0.29, 0.717) is 12.8 Å². The molecule has 0 aromatic carbocycles. The molecule has 0 fully saturated rings. The molecule has 0 heterocycles. The summed E-state index contributed by atoms with van der Waals surface area (Å²) in [6.45, 7) is 1.58. The van der Waals surface area contributed by atoms with Gasteiger partial charge in [0.05, 0.1) is 6.61 Å². The standard InChI is InChI=1S/C9H13O4P/c1-4-6-9(3,7-5-2)8-13-14(10,11)12/h1-2H,6-8H2,3H3,(H2,10,11,12). The number of hydrogen-bond donors (Lipinski definition) is 2. The quantitative estimate of drug-likeness (QED) is 0.534. The molecule has 0 atom stereocenters. The molecule has 78 valence electrons. The first kappa shape index (κ1) is 13.2. The molecule has 0 bridgehead atoms. The highest BCUT2D eigenvalue weighted by Crippen LogP contribution is 2.39. The van der Waals surface area contributed by atoms with E-state index in [1.165, 1.54) is 0 Å². The largest absolute Gasteiger partial charge is 0.469 e. The molecule has 0 saturated carbocycles. The van der Waals surface area contributed by atoms with Crippen molar-refractivity contribution < 1.29 is 18.9 Å². The van der Waals surface area contributed by atoms with Crippen molar-refractivity contribution >= 4 is 7.82 Å². The summed E-state index contributed by atoms with van der Waals surface area (Å²) in [5.41, 5.74) is -0.579. The predicted molar refractivity (Wildman–Crippen MR) is 53.0 cm³/mol. The summed E-state index contributed by atoms with van der Waals surface area (Å²) in [4.78, 5) is 17.0. The fraction of sp³-hybridized carbons (Fsp3) is 0.556. The molecular weight excluding hydrogens is 203 g/mol. The number of rotatable bonds is 5. The van der Waals surface area contributed by atoms with Gasteiger partial charge in [-0.2, -0.15) is 0 Å². The van der Waals surface area contributed by atoms with Crippen LogP contribution in [0.15, 0.2) is 0 Å². The molecule has 0 aliphatic rings. The van der Waals surface area contributed by atoms with Gasteiger partial charge in [0.2, 0.25) is 0 Å². The van der Waals surface area contributed by atoms with Crippen LogP contribution >= 0.6 is 7.82 Å². The van der Waals surface area contributed by atoms with Gasteiger partial charge in [0, 0.05) is 18.3 Å². The van der Waals surface area contributed by atoms with E-state index in [1.54, 1.807) is 6.92 Å². The Balaban J connectivity index is 4.33. The number of phosphoric ester groups is 1. The summed E-state index contributed by atoms with van der Waals surface area (Å²) in [5, 5.41) is 0. The smallest absolute Gasteiger partial charge is 0.303 e. The molecule has 2 N–H and O–H groups in total. The maximum atomic E-state index is 10.5. The lowest BCUT2D eigenvalue weighted by molar-refractivity contribution is 0.123. The van der Waals surface area contributed by atoms with Crippen LogP contribution in [-0.2, 0) is 9.09 Å². The van der Waals surface area contributed by atoms with E-state index >= 15 is 0 Å². The van der Waals surface area contributed by atoms with Gasteiger partial charge in [-0.05, 0) is 0 Å². The van der Waals surface area contributed by atoms with Crippen LogP contribution in [0.1, 0.15) is 19.8 Å². The molecular formula is C9H13O4P. The van der Waals surface area contributed by atoms with Gasteiger partial charge >= 0.3 is 7.82 Å². The van der Waals surface area contributed by atoms with Crippen LogP contribution in [0.5, 0.6) is 0 Å². The molecule has 14 heavy (non-hydrogen) atoms. The van der Waals surface area contributed by atoms with Crippen molar-refractivity contribution in [2.75, 3.05) is 6.61 Å². The van der Waals surface area contributed by atoms with Crippen molar-refractivity contribution in [3.8, 4) is 24.7 Å². The van der Waals surface area contributed by atoms with Crippen LogP contribution < -0.4 is 0 Å². The van der Waals surface area contributed by atoms with E-state index < -0.39 is 13.2 Å². The summed E-state index contributed by atoms with van der Waals surface area (Å²) in [6, 6.07) is 0. The van der Waals surface area contributed by atoms with Crippen LogP contribution in [0, 0.1) is 30.1 Å². The number of hydrogen-bond acceptors (Lipinski definition) is 2. The maximum absolute atomic E-state index is 10.5. The first-order valence-electron chi connectivity index (χ1n) is 3.90. The van der Waals surface area contributed by atoms with Crippen molar-refractivity contribution in [2.24, 2.45) is 5.41 Å². The third-order valence-corrected chi connectivity index (χ3v) is 2.10. The van der Waals surface area contributed by atoms with E-state index in [2.05, 4.69) is 16.4 Å². The molecule has 5 heteroatoms. The second kappa shape index (κ2) is 5.20. The zero-order chi connectivity index (χ0) is 11.2. The number of terminal acetylenes is 2. The van der Waals surface area contributed by atoms with Crippen LogP contribution in [0.25, 0.3) is 0 Å². The van der Waals surface area contributed by atoms with E-state index in [1.807, 2.05) is 0 Å². The fourth-order valence-electron chi connectivity index (χ4n) is 0.897. The lowest BCUT2D eigenvalue weighted by Crippen LogP contribution is -2.21. The van der Waals surface area contributed by atoms with E-state index in [9.17, 15) is 4.57 Å². The Hall–Kier alpha value is -0.770. The molecule has 0 aliphatic carbocycles. The molecule has 4 nitrogen and oxygen atoms in total.